The van der Waals surface area contributed by atoms with Crippen molar-refractivity contribution in [2.75, 3.05) is 25.7 Å². The number of ether oxygens (including phenoxy) is 3. The molecule has 1 atom stereocenters. The van der Waals surface area contributed by atoms with Gasteiger partial charge in [0.25, 0.3) is 5.91 Å². The lowest BCUT2D eigenvalue weighted by atomic mass is 9.94. The average molecular weight is 544 g/mol. The van der Waals surface area contributed by atoms with Gasteiger partial charge in [-0.2, -0.15) is 0 Å². The molecule has 1 aliphatic heterocycles. The van der Waals surface area contributed by atoms with E-state index in [0.717, 1.165) is 11.3 Å². The van der Waals surface area contributed by atoms with Crippen LogP contribution < -0.4 is 14.4 Å². The molecule has 0 fully saturated rings. The number of esters is 1. The summed E-state index contributed by atoms with van der Waals surface area (Å²) in [4.78, 5) is 50.3. The Morgan fingerprint density at radius 2 is 1.76 bits per heavy atom. The maximum atomic E-state index is 13.8. The van der Waals surface area contributed by atoms with Crippen molar-refractivity contribution in [2.45, 2.75) is 33.7 Å². The zero-order chi connectivity index (χ0) is 27.0. The Hall–Kier alpha value is -3.77. The molecular weight excluding hydrogens is 518 g/mol. The van der Waals surface area contributed by atoms with Crippen molar-refractivity contribution >= 4 is 45.5 Å². The standard InChI is InChI=1S/C25H25N3O7S2/c1-7-35-24(32)22-12(3)27-25(37-22)28-17(14-9-8-10-15(33-5)20(14)34-6)16(19(30)23(28)31)18(29)21-11(2)26-13(4)36-21/h8-10,17,30H,7H2,1-6H3. The van der Waals surface area contributed by atoms with Crippen molar-refractivity contribution in [1.29, 1.82) is 0 Å². The summed E-state index contributed by atoms with van der Waals surface area (Å²) < 4.78 is 16.2. The Bertz CT molecular complexity index is 1440. The molecular formula is C25H25N3O7S2. The number of anilines is 1. The predicted molar refractivity (Wildman–Crippen MR) is 138 cm³/mol. The van der Waals surface area contributed by atoms with E-state index in [0.29, 0.717) is 32.6 Å². The van der Waals surface area contributed by atoms with Gasteiger partial charge in [0.05, 0.1) is 47.7 Å². The van der Waals surface area contributed by atoms with E-state index in [1.165, 1.54) is 30.5 Å². The monoisotopic (exact) mass is 543 g/mol. The average Bonchev–Trinajstić information content (AvgIpc) is 3.50. The molecule has 1 amide bonds. The van der Waals surface area contributed by atoms with Crippen molar-refractivity contribution in [1.82, 2.24) is 9.97 Å². The highest BCUT2D eigenvalue weighted by molar-refractivity contribution is 7.17. The summed E-state index contributed by atoms with van der Waals surface area (Å²) in [6.45, 7) is 6.95. The number of aryl methyl sites for hydroxylation is 3. The third kappa shape index (κ3) is 4.46. The van der Waals surface area contributed by atoms with Gasteiger partial charge in [-0.05, 0) is 33.8 Å². The molecule has 0 saturated heterocycles. The molecule has 0 spiro atoms. The van der Waals surface area contributed by atoms with Gasteiger partial charge in [0.2, 0.25) is 5.78 Å². The SMILES string of the molecule is CCOC(=O)c1sc(N2C(=O)C(O)=C(C(=O)c3sc(C)nc3C)C2c2cccc(OC)c2OC)nc1C. The molecule has 12 heteroatoms. The summed E-state index contributed by atoms with van der Waals surface area (Å²) in [6, 6.07) is 3.93. The lowest BCUT2D eigenvalue weighted by Crippen LogP contribution is -2.31. The summed E-state index contributed by atoms with van der Waals surface area (Å²) in [6.07, 6.45) is 0. The van der Waals surface area contributed by atoms with Crippen LogP contribution in [0.1, 0.15) is 54.3 Å². The summed E-state index contributed by atoms with van der Waals surface area (Å²) in [7, 11) is 2.91. The van der Waals surface area contributed by atoms with Gasteiger partial charge in [0.1, 0.15) is 10.9 Å². The summed E-state index contributed by atoms with van der Waals surface area (Å²) in [5, 5.41) is 11.9. The Balaban J connectivity index is 1.95. The van der Waals surface area contributed by atoms with Gasteiger partial charge in [-0.15, -0.1) is 11.3 Å². The fourth-order valence-corrected chi connectivity index (χ4v) is 6.05. The highest BCUT2D eigenvalue weighted by Gasteiger charge is 2.48. The van der Waals surface area contributed by atoms with Crippen LogP contribution >= 0.6 is 22.7 Å². The molecule has 0 saturated carbocycles. The lowest BCUT2D eigenvalue weighted by Gasteiger charge is -2.26. The molecule has 1 aromatic carbocycles. The molecule has 37 heavy (non-hydrogen) atoms. The Morgan fingerprint density at radius 3 is 2.35 bits per heavy atom. The first-order chi connectivity index (χ1) is 17.6. The molecule has 0 aliphatic carbocycles. The highest BCUT2D eigenvalue weighted by atomic mass is 32.1. The molecule has 4 rings (SSSR count). The second kappa shape index (κ2) is 10.3. The molecule has 1 unspecified atom stereocenters. The maximum Gasteiger partial charge on any atom is 0.350 e. The number of carbonyl (C=O) groups excluding carboxylic acids is 3. The van der Waals surface area contributed by atoms with Crippen molar-refractivity contribution in [3.63, 3.8) is 0 Å². The third-order valence-corrected chi connectivity index (χ3v) is 7.95. The number of Topliss-reactive ketones (excluding diaryl/α,β-unsaturated/α-hetero) is 1. The second-order valence-corrected chi connectivity index (χ2v) is 10.2. The number of aliphatic hydroxyl groups excluding tert-OH is 1. The molecule has 3 heterocycles. The van der Waals surface area contributed by atoms with Crippen LogP contribution in [-0.2, 0) is 9.53 Å². The minimum atomic E-state index is -1.12. The van der Waals surface area contributed by atoms with Gasteiger partial charge in [0.15, 0.2) is 22.4 Å². The number of rotatable bonds is 8. The van der Waals surface area contributed by atoms with E-state index in [2.05, 4.69) is 9.97 Å². The third-order valence-electron chi connectivity index (χ3n) is 5.74. The summed E-state index contributed by atoms with van der Waals surface area (Å²) in [5.41, 5.74) is 1.10. The first-order valence-electron chi connectivity index (χ1n) is 11.2. The van der Waals surface area contributed by atoms with Crippen LogP contribution in [0.2, 0.25) is 0 Å². The highest BCUT2D eigenvalue weighted by Crippen LogP contribution is 2.48. The molecule has 2 aromatic heterocycles. The number of para-hydroxylation sites is 1. The van der Waals surface area contributed by atoms with Crippen LogP contribution in [0.15, 0.2) is 29.5 Å². The molecule has 10 nitrogen and oxygen atoms in total. The number of hydrogen-bond donors (Lipinski definition) is 1. The fourth-order valence-electron chi connectivity index (χ4n) is 4.19. The van der Waals surface area contributed by atoms with E-state index in [1.54, 1.807) is 45.9 Å². The number of hydrogen-bond acceptors (Lipinski definition) is 11. The van der Waals surface area contributed by atoms with E-state index < -0.39 is 29.5 Å². The first kappa shape index (κ1) is 26.3. The number of aromatic nitrogens is 2. The molecule has 0 bridgehead atoms. The van der Waals surface area contributed by atoms with Crippen LogP contribution in [-0.4, -0.2) is 53.6 Å². The fraction of sp³-hybridized carbons (Fsp3) is 0.320. The van der Waals surface area contributed by atoms with Crippen molar-refractivity contribution in [3.05, 3.63) is 61.2 Å². The van der Waals surface area contributed by atoms with E-state index in [1.807, 2.05) is 0 Å². The maximum absolute atomic E-state index is 13.8. The van der Waals surface area contributed by atoms with Crippen LogP contribution in [0.3, 0.4) is 0 Å². The Labute approximate surface area is 221 Å². The molecule has 3 aromatic rings. The minimum Gasteiger partial charge on any atom is -0.503 e. The topological polar surface area (TPSA) is 128 Å². The number of methoxy groups -OCH3 is 2. The molecule has 1 aliphatic rings. The van der Waals surface area contributed by atoms with Gasteiger partial charge in [0, 0.05) is 5.56 Å². The Morgan fingerprint density at radius 1 is 1.05 bits per heavy atom. The normalized spacial score (nSPS) is 15.4. The quantitative estimate of drug-likeness (QED) is 0.322. The van der Waals surface area contributed by atoms with Crippen LogP contribution in [0.4, 0.5) is 5.13 Å². The van der Waals surface area contributed by atoms with Gasteiger partial charge in [-0.3, -0.25) is 14.5 Å². The zero-order valence-corrected chi connectivity index (χ0v) is 22.7. The zero-order valence-electron chi connectivity index (χ0n) is 21.1. The number of aliphatic hydroxyl groups is 1. The predicted octanol–water partition coefficient (Wildman–Crippen LogP) is 4.50. The number of nitrogens with zero attached hydrogens (tertiary/aromatic N) is 3. The number of ketones is 1. The number of amides is 1. The largest absolute Gasteiger partial charge is 0.503 e. The van der Waals surface area contributed by atoms with Gasteiger partial charge >= 0.3 is 5.97 Å². The van der Waals surface area contributed by atoms with Crippen LogP contribution in [0.25, 0.3) is 0 Å². The number of benzene rings is 1. The van der Waals surface area contributed by atoms with E-state index in [-0.39, 0.29) is 27.9 Å². The summed E-state index contributed by atoms with van der Waals surface area (Å²) in [5.74, 6) is -2.00. The number of thiazole rings is 2. The smallest absolute Gasteiger partial charge is 0.350 e. The Kier molecular flexibility index (Phi) is 7.32. The van der Waals surface area contributed by atoms with E-state index in [4.69, 9.17) is 14.2 Å². The van der Waals surface area contributed by atoms with Crippen LogP contribution in [0.5, 0.6) is 11.5 Å². The van der Waals surface area contributed by atoms with E-state index >= 15 is 0 Å². The van der Waals surface area contributed by atoms with Crippen LogP contribution in [0, 0.1) is 20.8 Å². The molecule has 194 valence electrons. The molecule has 0 radical (unpaired) electrons. The summed E-state index contributed by atoms with van der Waals surface area (Å²) >= 11 is 2.11. The minimum absolute atomic E-state index is 0.118. The lowest BCUT2D eigenvalue weighted by molar-refractivity contribution is -0.117. The van der Waals surface area contributed by atoms with Crippen molar-refractivity contribution in [3.8, 4) is 11.5 Å². The van der Waals surface area contributed by atoms with Crippen molar-refractivity contribution in [2.24, 2.45) is 0 Å². The second-order valence-electron chi connectivity index (χ2n) is 8.03. The van der Waals surface area contributed by atoms with Gasteiger partial charge < -0.3 is 19.3 Å². The first-order valence-corrected chi connectivity index (χ1v) is 12.9. The van der Waals surface area contributed by atoms with Crippen molar-refractivity contribution < 1.29 is 33.7 Å². The van der Waals surface area contributed by atoms with Gasteiger partial charge in [-0.1, -0.05) is 23.5 Å². The number of carbonyl (C=O) groups is 3. The molecule has 1 N–H and O–H groups in total. The van der Waals surface area contributed by atoms with Gasteiger partial charge in [-0.25, -0.2) is 14.8 Å². The van der Waals surface area contributed by atoms with E-state index in [9.17, 15) is 19.5 Å².